The van der Waals surface area contributed by atoms with Crippen molar-refractivity contribution in [1.29, 1.82) is 0 Å². The molecule has 0 aliphatic rings. The van der Waals surface area contributed by atoms with E-state index in [1.165, 1.54) is 0 Å². The smallest absolute Gasteiger partial charge is 0.133 e. The molecule has 0 aliphatic carbocycles. The molecule has 0 amide bonds. The Morgan fingerprint density at radius 2 is 2.23 bits per heavy atom. The first-order valence-corrected chi connectivity index (χ1v) is 4.28. The minimum absolute atomic E-state index is 0.358. The van der Waals surface area contributed by atoms with E-state index < -0.39 is 0 Å². The van der Waals surface area contributed by atoms with Gasteiger partial charge in [0.05, 0.1) is 18.1 Å². The first-order valence-electron chi connectivity index (χ1n) is 4.28. The number of nitrogens with two attached hydrogens (primary N) is 1. The molecular weight excluding hydrogens is 164 g/mol. The van der Waals surface area contributed by atoms with E-state index in [1.807, 2.05) is 0 Å². The summed E-state index contributed by atoms with van der Waals surface area (Å²) in [7, 11) is 0. The van der Waals surface area contributed by atoms with Crippen LogP contribution in [0.4, 0.5) is 5.69 Å². The molecule has 2 aromatic rings. The van der Waals surface area contributed by atoms with Crippen LogP contribution in [0.1, 0.15) is 25.6 Å². The predicted octanol–water partition coefficient (Wildman–Crippen LogP) is 1.43. The second kappa shape index (κ2) is 2.73. The molecule has 0 aliphatic heterocycles. The van der Waals surface area contributed by atoms with Gasteiger partial charge in [-0.15, -0.1) is 0 Å². The molecule has 0 aromatic carbocycles. The number of hydrogen-bond donors (Lipinski definition) is 1. The van der Waals surface area contributed by atoms with Gasteiger partial charge in [-0.1, -0.05) is 13.8 Å². The predicted molar refractivity (Wildman–Crippen MR) is 51.5 cm³/mol. The molecule has 0 spiro atoms. The Balaban J connectivity index is 2.75. The topological polar surface area (TPSA) is 56.2 Å². The first-order chi connectivity index (χ1) is 6.20. The average molecular weight is 176 g/mol. The van der Waals surface area contributed by atoms with Crippen LogP contribution in [-0.4, -0.2) is 14.6 Å². The van der Waals surface area contributed by atoms with Gasteiger partial charge in [0.25, 0.3) is 0 Å². The van der Waals surface area contributed by atoms with Crippen molar-refractivity contribution in [2.75, 3.05) is 5.73 Å². The number of anilines is 1. The zero-order chi connectivity index (χ0) is 9.42. The number of imidazole rings is 1. The van der Waals surface area contributed by atoms with Crippen LogP contribution in [0.25, 0.3) is 5.52 Å². The molecule has 4 heteroatoms. The monoisotopic (exact) mass is 176 g/mol. The summed E-state index contributed by atoms with van der Waals surface area (Å²) < 4.78 is 1.79. The van der Waals surface area contributed by atoms with Crippen molar-refractivity contribution in [3.05, 3.63) is 24.3 Å². The molecule has 13 heavy (non-hydrogen) atoms. The maximum absolute atomic E-state index is 5.77. The number of hydrogen-bond acceptors (Lipinski definition) is 3. The summed E-state index contributed by atoms with van der Waals surface area (Å²) in [5, 5.41) is 4.20. The summed E-state index contributed by atoms with van der Waals surface area (Å²) in [6.07, 6.45) is 3.45. The highest BCUT2D eigenvalue weighted by Gasteiger charge is 2.09. The Kier molecular flexibility index (Phi) is 1.69. The van der Waals surface area contributed by atoms with Crippen LogP contribution in [0.3, 0.4) is 0 Å². The third kappa shape index (κ3) is 1.14. The fraction of sp³-hybridized carbons (Fsp3) is 0.333. The van der Waals surface area contributed by atoms with E-state index in [-0.39, 0.29) is 0 Å². The second-order valence-electron chi connectivity index (χ2n) is 3.35. The molecular formula is C9H12N4. The van der Waals surface area contributed by atoms with Gasteiger partial charge >= 0.3 is 0 Å². The number of fused-ring (bicyclic) bond motifs is 1. The molecule has 2 N–H and O–H groups in total. The van der Waals surface area contributed by atoms with Gasteiger partial charge in [0, 0.05) is 5.92 Å². The minimum Gasteiger partial charge on any atom is -0.397 e. The zero-order valence-electron chi connectivity index (χ0n) is 7.73. The lowest BCUT2D eigenvalue weighted by atomic mass is 10.2. The van der Waals surface area contributed by atoms with Gasteiger partial charge in [-0.25, -0.2) is 9.50 Å². The second-order valence-corrected chi connectivity index (χ2v) is 3.35. The fourth-order valence-electron chi connectivity index (χ4n) is 1.34. The quantitative estimate of drug-likeness (QED) is 0.715. The van der Waals surface area contributed by atoms with Crippen molar-refractivity contribution in [1.82, 2.24) is 14.6 Å². The van der Waals surface area contributed by atoms with Crippen molar-refractivity contribution in [3.63, 3.8) is 0 Å². The van der Waals surface area contributed by atoms with Crippen molar-refractivity contribution >= 4 is 11.2 Å². The lowest BCUT2D eigenvalue weighted by molar-refractivity contribution is 0.727. The first kappa shape index (κ1) is 8.04. The Bertz CT molecular complexity index is 430. The Morgan fingerprint density at radius 1 is 1.46 bits per heavy atom. The molecule has 2 heterocycles. The van der Waals surface area contributed by atoms with E-state index in [1.54, 1.807) is 23.0 Å². The molecule has 0 unspecified atom stereocenters. The minimum atomic E-state index is 0.358. The lowest BCUT2D eigenvalue weighted by Gasteiger charge is -2.02. The molecule has 0 saturated carbocycles. The molecule has 2 aromatic heterocycles. The van der Waals surface area contributed by atoms with Crippen LogP contribution in [0.2, 0.25) is 0 Å². The van der Waals surface area contributed by atoms with Crippen LogP contribution in [-0.2, 0) is 0 Å². The van der Waals surface area contributed by atoms with E-state index in [2.05, 4.69) is 23.9 Å². The van der Waals surface area contributed by atoms with Gasteiger partial charge in [0.1, 0.15) is 11.3 Å². The molecule has 68 valence electrons. The summed E-state index contributed by atoms with van der Waals surface area (Å²) in [6, 6.07) is 1.78. The van der Waals surface area contributed by atoms with E-state index in [0.29, 0.717) is 5.92 Å². The van der Waals surface area contributed by atoms with Gasteiger partial charge in [-0.2, -0.15) is 5.10 Å². The maximum Gasteiger partial charge on any atom is 0.133 e. The maximum atomic E-state index is 5.77. The summed E-state index contributed by atoms with van der Waals surface area (Å²) in [5.74, 6) is 1.30. The summed E-state index contributed by atoms with van der Waals surface area (Å²) in [4.78, 5) is 4.28. The van der Waals surface area contributed by atoms with Crippen LogP contribution in [0, 0.1) is 0 Å². The Morgan fingerprint density at radius 3 is 2.92 bits per heavy atom. The third-order valence-corrected chi connectivity index (χ3v) is 2.01. The van der Waals surface area contributed by atoms with Crippen molar-refractivity contribution < 1.29 is 0 Å². The van der Waals surface area contributed by atoms with E-state index in [4.69, 9.17) is 5.73 Å². The highest BCUT2D eigenvalue weighted by molar-refractivity contribution is 5.67. The number of rotatable bonds is 1. The van der Waals surface area contributed by atoms with Crippen LogP contribution >= 0.6 is 0 Å². The number of aromatic nitrogens is 3. The third-order valence-electron chi connectivity index (χ3n) is 2.01. The molecule has 0 atom stereocenters. The lowest BCUT2D eigenvalue weighted by Crippen LogP contribution is -2.01. The zero-order valence-corrected chi connectivity index (χ0v) is 7.73. The van der Waals surface area contributed by atoms with E-state index in [0.717, 1.165) is 17.0 Å². The molecule has 2 rings (SSSR count). The number of nitrogens with zero attached hydrogens (tertiary/aromatic N) is 3. The highest BCUT2D eigenvalue weighted by Crippen LogP contribution is 2.17. The Hall–Kier alpha value is -1.58. The SMILES string of the molecule is CC(C)c1ncc2c(N)ccnn12. The fourth-order valence-corrected chi connectivity index (χ4v) is 1.34. The van der Waals surface area contributed by atoms with Crippen molar-refractivity contribution in [2.24, 2.45) is 0 Å². The summed E-state index contributed by atoms with van der Waals surface area (Å²) in [5.41, 5.74) is 7.37. The van der Waals surface area contributed by atoms with Crippen molar-refractivity contribution in [2.45, 2.75) is 19.8 Å². The van der Waals surface area contributed by atoms with Crippen LogP contribution < -0.4 is 5.73 Å². The molecule has 0 saturated heterocycles. The van der Waals surface area contributed by atoms with Crippen LogP contribution in [0.15, 0.2) is 18.5 Å². The number of nitrogen functional groups attached to an aromatic ring is 1. The molecule has 0 bridgehead atoms. The summed E-state index contributed by atoms with van der Waals surface area (Å²) in [6.45, 7) is 4.17. The molecule has 0 radical (unpaired) electrons. The van der Waals surface area contributed by atoms with Gasteiger partial charge in [-0.05, 0) is 6.07 Å². The van der Waals surface area contributed by atoms with E-state index in [9.17, 15) is 0 Å². The largest absolute Gasteiger partial charge is 0.397 e. The standard InChI is InChI=1S/C9H12N4/c1-6(2)9-11-5-8-7(10)3-4-12-13(8)9/h3-6H,10H2,1-2H3. The van der Waals surface area contributed by atoms with Gasteiger partial charge in [0.2, 0.25) is 0 Å². The van der Waals surface area contributed by atoms with Gasteiger partial charge < -0.3 is 5.73 Å². The Labute approximate surface area is 76.4 Å². The summed E-state index contributed by atoms with van der Waals surface area (Å²) >= 11 is 0. The normalized spacial score (nSPS) is 11.3. The molecule has 0 fully saturated rings. The highest BCUT2D eigenvalue weighted by atomic mass is 15.3. The van der Waals surface area contributed by atoms with Crippen molar-refractivity contribution in [3.8, 4) is 0 Å². The van der Waals surface area contributed by atoms with Gasteiger partial charge in [-0.3, -0.25) is 0 Å². The van der Waals surface area contributed by atoms with Crippen LogP contribution in [0.5, 0.6) is 0 Å². The molecule has 4 nitrogen and oxygen atoms in total. The average Bonchev–Trinajstić information content (AvgIpc) is 2.48. The van der Waals surface area contributed by atoms with Gasteiger partial charge in [0.15, 0.2) is 0 Å². The van der Waals surface area contributed by atoms with E-state index >= 15 is 0 Å².